The van der Waals surface area contributed by atoms with Crippen molar-refractivity contribution in [3.8, 4) is 0 Å². The Kier molecular flexibility index (Phi) is 5.77. The standard InChI is InChI=1S/C14H29NO/c1-12(2)5-9-16-10-8-14(6-7-14)11-15-13(3)4/h12-13,15H,5-11H2,1-4H3. The van der Waals surface area contributed by atoms with Gasteiger partial charge < -0.3 is 10.1 Å². The molecule has 0 unspecified atom stereocenters. The van der Waals surface area contributed by atoms with Crippen LogP contribution in [0, 0.1) is 11.3 Å². The molecule has 0 aromatic rings. The van der Waals surface area contributed by atoms with E-state index in [1.165, 1.54) is 32.2 Å². The van der Waals surface area contributed by atoms with E-state index in [4.69, 9.17) is 4.74 Å². The summed E-state index contributed by atoms with van der Waals surface area (Å²) in [6.45, 7) is 12.0. The average molecular weight is 227 g/mol. The zero-order chi connectivity index (χ0) is 12.0. The Morgan fingerprint density at radius 3 is 2.31 bits per heavy atom. The molecule has 1 N–H and O–H groups in total. The molecule has 0 aromatic heterocycles. The topological polar surface area (TPSA) is 21.3 Å². The van der Waals surface area contributed by atoms with Crippen LogP contribution in [0.2, 0.25) is 0 Å². The zero-order valence-electron chi connectivity index (χ0n) is 11.5. The van der Waals surface area contributed by atoms with E-state index in [9.17, 15) is 0 Å². The first-order valence-corrected chi connectivity index (χ1v) is 6.85. The van der Waals surface area contributed by atoms with Crippen LogP contribution in [0.1, 0.15) is 53.4 Å². The Labute approximate surface area is 101 Å². The lowest BCUT2D eigenvalue weighted by Gasteiger charge is -2.18. The molecule has 0 amide bonds. The van der Waals surface area contributed by atoms with E-state index in [0.29, 0.717) is 11.5 Å². The first kappa shape index (κ1) is 14.0. The highest BCUT2D eigenvalue weighted by molar-refractivity contribution is 4.94. The van der Waals surface area contributed by atoms with Crippen LogP contribution in [0.4, 0.5) is 0 Å². The Hall–Kier alpha value is -0.0800. The Morgan fingerprint density at radius 1 is 1.12 bits per heavy atom. The average Bonchev–Trinajstić information content (AvgIpc) is 2.95. The quantitative estimate of drug-likeness (QED) is 0.611. The molecule has 2 heteroatoms. The maximum absolute atomic E-state index is 5.70. The van der Waals surface area contributed by atoms with E-state index < -0.39 is 0 Å². The van der Waals surface area contributed by atoms with Gasteiger partial charge in [-0.1, -0.05) is 27.7 Å². The predicted octanol–water partition coefficient (Wildman–Crippen LogP) is 3.22. The van der Waals surface area contributed by atoms with E-state index in [-0.39, 0.29) is 0 Å². The van der Waals surface area contributed by atoms with E-state index in [0.717, 1.165) is 19.1 Å². The van der Waals surface area contributed by atoms with Crippen molar-refractivity contribution in [2.45, 2.75) is 59.4 Å². The molecule has 1 aliphatic rings. The van der Waals surface area contributed by atoms with Gasteiger partial charge in [-0.05, 0) is 37.0 Å². The molecule has 0 atom stereocenters. The summed E-state index contributed by atoms with van der Waals surface area (Å²) in [5, 5.41) is 3.55. The zero-order valence-corrected chi connectivity index (χ0v) is 11.5. The fourth-order valence-electron chi connectivity index (χ4n) is 1.82. The maximum atomic E-state index is 5.70. The number of hydrogen-bond acceptors (Lipinski definition) is 2. The Balaban J connectivity index is 1.99. The van der Waals surface area contributed by atoms with Crippen LogP contribution in [0.3, 0.4) is 0 Å². The van der Waals surface area contributed by atoms with Gasteiger partial charge in [0.25, 0.3) is 0 Å². The van der Waals surface area contributed by atoms with E-state index in [2.05, 4.69) is 33.0 Å². The van der Waals surface area contributed by atoms with Crippen LogP contribution in [-0.2, 0) is 4.74 Å². The summed E-state index contributed by atoms with van der Waals surface area (Å²) in [4.78, 5) is 0. The van der Waals surface area contributed by atoms with Gasteiger partial charge in [-0.15, -0.1) is 0 Å². The molecule has 1 fully saturated rings. The van der Waals surface area contributed by atoms with Crippen LogP contribution >= 0.6 is 0 Å². The van der Waals surface area contributed by atoms with Crippen molar-refractivity contribution >= 4 is 0 Å². The lowest BCUT2D eigenvalue weighted by molar-refractivity contribution is 0.107. The van der Waals surface area contributed by atoms with Gasteiger partial charge in [0, 0.05) is 25.8 Å². The lowest BCUT2D eigenvalue weighted by Crippen LogP contribution is -2.30. The largest absolute Gasteiger partial charge is 0.381 e. The molecule has 0 aliphatic heterocycles. The minimum absolute atomic E-state index is 0.585. The molecule has 16 heavy (non-hydrogen) atoms. The van der Waals surface area contributed by atoms with Gasteiger partial charge in [-0.2, -0.15) is 0 Å². The minimum Gasteiger partial charge on any atom is -0.381 e. The minimum atomic E-state index is 0.585. The summed E-state index contributed by atoms with van der Waals surface area (Å²) >= 11 is 0. The van der Waals surface area contributed by atoms with Crippen molar-refractivity contribution in [2.75, 3.05) is 19.8 Å². The molecule has 1 rings (SSSR count). The van der Waals surface area contributed by atoms with Crippen LogP contribution in [0.25, 0.3) is 0 Å². The molecule has 0 radical (unpaired) electrons. The van der Waals surface area contributed by atoms with Gasteiger partial charge in [0.2, 0.25) is 0 Å². The molecule has 2 nitrogen and oxygen atoms in total. The molecular formula is C14H29NO. The highest BCUT2D eigenvalue weighted by Crippen LogP contribution is 2.48. The lowest BCUT2D eigenvalue weighted by atomic mass is 10.0. The third-order valence-corrected chi connectivity index (χ3v) is 3.46. The summed E-state index contributed by atoms with van der Waals surface area (Å²) in [6.07, 6.45) is 5.21. The molecule has 0 spiro atoms. The second-order valence-corrected chi connectivity index (χ2v) is 6.08. The first-order chi connectivity index (χ1) is 7.54. The Morgan fingerprint density at radius 2 is 1.81 bits per heavy atom. The van der Waals surface area contributed by atoms with E-state index in [1.54, 1.807) is 0 Å². The number of ether oxygens (including phenoxy) is 1. The highest BCUT2D eigenvalue weighted by Gasteiger charge is 2.41. The van der Waals surface area contributed by atoms with Crippen molar-refractivity contribution < 1.29 is 4.74 Å². The summed E-state index contributed by atoms with van der Waals surface area (Å²) in [6, 6.07) is 0.610. The third-order valence-electron chi connectivity index (χ3n) is 3.46. The van der Waals surface area contributed by atoms with Crippen molar-refractivity contribution in [2.24, 2.45) is 11.3 Å². The van der Waals surface area contributed by atoms with Crippen LogP contribution < -0.4 is 5.32 Å². The number of rotatable bonds is 9. The second kappa shape index (κ2) is 6.61. The summed E-state index contributed by atoms with van der Waals surface area (Å²) < 4.78 is 5.70. The molecule has 1 aliphatic carbocycles. The number of nitrogens with one attached hydrogen (secondary N) is 1. The van der Waals surface area contributed by atoms with Crippen molar-refractivity contribution in [3.63, 3.8) is 0 Å². The summed E-state index contributed by atoms with van der Waals surface area (Å²) in [5.74, 6) is 0.762. The fraction of sp³-hybridized carbons (Fsp3) is 1.00. The molecule has 0 bridgehead atoms. The van der Waals surface area contributed by atoms with Crippen LogP contribution in [0.15, 0.2) is 0 Å². The van der Waals surface area contributed by atoms with Gasteiger partial charge in [0.05, 0.1) is 0 Å². The molecule has 0 saturated heterocycles. The molecule has 0 aromatic carbocycles. The number of hydrogen-bond donors (Lipinski definition) is 1. The highest BCUT2D eigenvalue weighted by atomic mass is 16.5. The van der Waals surface area contributed by atoms with Crippen LogP contribution in [-0.4, -0.2) is 25.8 Å². The van der Waals surface area contributed by atoms with E-state index >= 15 is 0 Å². The van der Waals surface area contributed by atoms with Gasteiger partial charge >= 0.3 is 0 Å². The predicted molar refractivity (Wildman–Crippen MR) is 69.7 cm³/mol. The molecule has 1 saturated carbocycles. The van der Waals surface area contributed by atoms with Gasteiger partial charge in [0.15, 0.2) is 0 Å². The van der Waals surface area contributed by atoms with E-state index in [1.807, 2.05) is 0 Å². The summed E-state index contributed by atoms with van der Waals surface area (Å²) in [7, 11) is 0. The fourth-order valence-corrected chi connectivity index (χ4v) is 1.82. The molecule has 0 heterocycles. The van der Waals surface area contributed by atoms with Crippen LogP contribution in [0.5, 0.6) is 0 Å². The Bertz CT molecular complexity index is 185. The van der Waals surface area contributed by atoms with Crippen molar-refractivity contribution in [1.82, 2.24) is 5.32 Å². The van der Waals surface area contributed by atoms with Crippen molar-refractivity contribution in [3.05, 3.63) is 0 Å². The SMILES string of the molecule is CC(C)CCOCCC1(CNC(C)C)CC1. The summed E-state index contributed by atoms with van der Waals surface area (Å²) in [5.41, 5.74) is 0.585. The normalized spacial score (nSPS) is 18.4. The molecular weight excluding hydrogens is 198 g/mol. The monoisotopic (exact) mass is 227 g/mol. The van der Waals surface area contributed by atoms with Gasteiger partial charge in [-0.3, -0.25) is 0 Å². The van der Waals surface area contributed by atoms with Crippen molar-refractivity contribution in [1.29, 1.82) is 0 Å². The smallest absolute Gasteiger partial charge is 0.0471 e. The maximum Gasteiger partial charge on any atom is 0.0471 e. The first-order valence-electron chi connectivity index (χ1n) is 6.85. The third kappa shape index (κ3) is 5.86. The second-order valence-electron chi connectivity index (χ2n) is 6.08. The van der Waals surface area contributed by atoms with Gasteiger partial charge in [-0.25, -0.2) is 0 Å². The molecule has 96 valence electrons. The van der Waals surface area contributed by atoms with Gasteiger partial charge in [0.1, 0.15) is 0 Å².